The molecule has 94 valence electrons. The first kappa shape index (κ1) is 13.7. The summed E-state index contributed by atoms with van der Waals surface area (Å²) in [4.78, 5) is 9.00. The summed E-state index contributed by atoms with van der Waals surface area (Å²) >= 11 is 0. The van der Waals surface area contributed by atoms with E-state index in [0.29, 0.717) is 0 Å². The fraction of sp³-hybridized carbons (Fsp3) is 0.0714. The van der Waals surface area contributed by atoms with Gasteiger partial charge in [0.15, 0.2) is 0 Å². The van der Waals surface area contributed by atoms with Crippen LogP contribution in [0.1, 0.15) is 6.92 Å². The van der Waals surface area contributed by atoms with Crippen molar-refractivity contribution in [2.24, 2.45) is 5.84 Å². The molecule has 0 atom stereocenters. The number of carboxylic acid groups (broad SMARTS) is 1. The van der Waals surface area contributed by atoms with Crippen molar-refractivity contribution in [3.8, 4) is 0 Å². The van der Waals surface area contributed by atoms with E-state index >= 15 is 0 Å². The Morgan fingerprint density at radius 2 is 1.22 bits per heavy atom. The number of hydrazine groups is 1. The molecule has 0 amide bonds. The molecule has 2 aromatic rings. The molecule has 0 aromatic heterocycles. The van der Waals surface area contributed by atoms with Gasteiger partial charge in [-0.15, -0.1) is 0 Å². The number of hydrogen-bond donors (Lipinski definition) is 2. The van der Waals surface area contributed by atoms with E-state index in [0.717, 1.165) is 18.3 Å². The minimum atomic E-state index is -0.833. The molecule has 0 fully saturated rings. The summed E-state index contributed by atoms with van der Waals surface area (Å²) in [6, 6.07) is 19.7. The molecule has 0 saturated heterocycles. The summed E-state index contributed by atoms with van der Waals surface area (Å²) in [6.07, 6.45) is 0. The van der Waals surface area contributed by atoms with Crippen molar-refractivity contribution in [3.05, 3.63) is 60.7 Å². The monoisotopic (exact) mass is 244 g/mol. The third kappa shape index (κ3) is 4.67. The molecule has 0 radical (unpaired) electrons. The number of nitrogens with two attached hydrogens (primary N) is 1. The fourth-order valence-electron chi connectivity index (χ4n) is 1.33. The summed E-state index contributed by atoms with van der Waals surface area (Å²) in [6.45, 7) is 1.08. The average Bonchev–Trinajstić information content (AvgIpc) is 2.39. The normalized spacial score (nSPS) is 9.00. The van der Waals surface area contributed by atoms with Crippen LogP contribution in [0.3, 0.4) is 0 Å². The molecule has 2 rings (SSSR count). The summed E-state index contributed by atoms with van der Waals surface area (Å²) in [5.74, 6) is 5.12. The SMILES string of the molecule is CC(=O)O.NN(c1ccccc1)c1ccccc1. The van der Waals surface area contributed by atoms with Crippen LogP contribution in [-0.4, -0.2) is 11.1 Å². The Morgan fingerprint density at radius 1 is 0.944 bits per heavy atom. The zero-order valence-electron chi connectivity index (χ0n) is 10.2. The predicted octanol–water partition coefficient (Wildman–Crippen LogP) is 2.79. The van der Waals surface area contributed by atoms with E-state index in [1.54, 1.807) is 5.01 Å². The van der Waals surface area contributed by atoms with Crippen LogP contribution in [0.5, 0.6) is 0 Å². The van der Waals surface area contributed by atoms with E-state index < -0.39 is 5.97 Å². The molecular formula is C14H16N2O2. The highest BCUT2D eigenvalue weighted by molar-refractivity contribution is 5.63. The zero-order chi connectivity index (χ0) is 13.4. The van der Waals surface area contributed by atoms with Gasteiger partial charge in [-0.3, -0.25) is 9.80 Å². The number of carboxylic acids is 1. The molecule has 4 heteroatoms. The van der Waals surface area contributed by atoms with Crippen LogP contribution in [0.2, 0.25) is 0 Å². The second-order valence-electron chi connectivity index (χ2n) is 3.56. The second kappa shape index (κ2) is 7.09. The van der Waals surface area contributed by atoms with Crippen molar-refractivity contribution >= 4 is 17.3 Å². The van der Waals surface area contributed by atoms with Crippen molar-refractivity contribution in [3.63, 3.8) is 0 Å². The van der Waals surface area contributed by atoms with Crippen molar-refractivity contribution in [2.45, 2.75) is 6.92 Å². The molecular weight excluding hydrogens is 228 g/mol. The van der Waals surface area contributed by atoms with Gasteiger partial charge in [0.05, 0.1) is 11.4 Å². The number of para-hydroxylation sites is 2. The number of hydrogen-bond acceptors (Lipinski definition) is 3. The highest BCUT2D eigenvalue weighted by Gasteiger charge is 2.01. The first-order chi connectivity index (χ1) is 8.61. The predicted molar refractivity (Wildman–Crippen MR) is 72.5 cm³/mol. The number of rotatable bonds is 2. The quantitative estimate of drug-likeness (QED) is 0.629. The van der Waals surface area contributed by atoms with Crippen LogP contribution in [-0.2, 0) is 4.79 Å². The van der Waals surface area contributed by atoms with Gasteiger partial charge in [-0.2, -0.15) is 0 Å². The second-order valence-corrected chi connectivity index (χ2v) is 3.56. The molecule has 0 bridgehead atoms. The van der Waals surface area contributed by atoms with Gasteiger partial charge in [0.25, 0.3) is 5.97 Å². The van der Waals surface area contributed by atoms with E-state index in [1.807, 2.05) is 60.7 Å². The summed E-state index contributed by atoms with van der Waals surface area (Å²) in [5.41, 5.74) is 1.97. The maximum absolute atomic E-state index is 9.00. The molecule has 0 spiro atoms. The Morgan fingerprint density at radius 3 is 1.50 bits per heavy atom. The highest BCUT2D eigenvalue weighted by Crippen LogP contribution is 2.20. The molecule has 0 aliphatic carbocycles. The number of aliphatic carboxylic acids is 1. The van der Waals surface area contributed by atoms with Crippen molar-refractivity contribution in [2.75, 3.05) is 5.01 Å². The van der Waals surface area contributed by atoms with Crippen molar-refractivity contribution < 1.29 is 9.90 Å². The Bertz CT molecular complexity index is 428. The first-order valence-electron chi connectivity index (χ1n) is 5.45. The molecule has 0 unspecified atom stereocenters. The van der Waals surface area contributed by atoms with Gasteiger partial charge >= 0.3 is 0 Å². The van der Waals surface area contributed by atoms with Crippen molar-refractivity contribution in [1.82, 2.24) is 0 Å². The molecule has 3 N–H and O–H groups in total. The van der Waals surface area contributed by atoms with Crippen molar-refractivity contribution in [1.29, 1.82) is 0 Å². The van der Waals surface area contributed by atoms with Crippen LogP contribution >= 0.6 is 0 Å². The molecule has 0 aliphatic rings. The minimum Gasteiger partial charge on any atom is -0.481 e. The maximum Gasteiger partial charge on any atom is 0.300 e. The Kier molecular flexibility index (Phi) is 5.41. The third-order valence-electron chi connectivity index (χ3n) is 2.07. The highest BCUT2D eigenvalue weighted by atomic mass is 16.4. The van der Waals surface area contributed by atoms with Crippen LogP contribution in [0, 0.1) is 0 Å². The van der Waals surface area contributed by atoms with E-state index in [2.05, 4.69) is 0 Å². The lowest BCUT2D eigenvalue weighted by Crippen LogP contribution is -2.24. The number of benzene rings is 2. The lowest BCUT2D eigenvalue weighted by Gasteiger charge is -2.18. The molecule has 18 heavy (non-hydrogen) atoms. The maximum atomic E-state index is 9.00. The van der Waals surface area contributed by atoms with Gasteiger partial charge in [0.1, 0.15) is 0 Å². The molecule has 0 heterocycles. The summed E-state index contributed by atoms with van der Waals surface area (Å²) in [5, 5.41) is 9.08. The van der Waals surface area contributed by atoms with Gasteiger partial charge in [-0.05, 0) is 24.3 Å². The Balaban J connectivity index is 0.000000357. The Labute approximate surface area is 106 Å². The lowest BCUT2D eigenvalue weighted by atomic mass is 10.2. The van der Waals surface area contributed by atoms with E-state index in [-0.39, 0.29) is 0 Å². The Hall–Kier alpha value is -2.33. The fourth-order valence-corrected chi connectivity index (χ4v) is 1.33. The zero-order valence-corrected chi connectivity index (χ0v) is 10.2. The van der Waals surface area contributed by atoms with E-state index in [9.17, 15) is 0 Å². The van der Waals surface area contributed by atoms with Gasteiger partial charge in [-0.1, -0.05) is 36.4 Å². The molecule has 0 aliphatic heterocycles. The molecule has 4 nitrogen and oxygen atoms in total. The minimum absolute atomic E-state index is 0.833. The largest absolute Gasteiger partial charge is 0.481 e. The van der Waals surface area contributed by atoms with Crippen LogP contribution in [0.15, 0.2) is 60.7 Å². The van der Waals surface area contributed by atoms with Crippen LogP contribution in [0.4, 0.5) is 11.4 Å². The van der Waals surface area contributed by atoms with E-state index in [1.165, 1.54) is 0 Å². The molecule has 0 saturated carbocycles. The lowest BCUT2D eigenvalue weighted by molar-refractivity contribution is -0.134. The number of nitrogens with zero attached hydrogens (tertiary/aromatic N) is 1. The first-order valence-corrected chi connectivity index (χ1v) is 5.45. The molecule has 2 aromatic carbocycles. The number of anilines is 2. The average molecular weight is 244 g/mol. The standard InChI is InChI=1S/C12H12N2.C2H4O2/c13-14(11-7-3-1-4-8-11)12-9-5-2-6-10-12;1-2(3)4/h1-10H,13H2;1H3,(H,3,4). The van der Waals surface area contributed by atoms with Gasteiger partial charge in [0.2, 0.25) is 0 Å². The van der Waals surface area contributed by atoms with Crippen LogP contribution < -0.4 is 10.9 Å². The summed E-state index contributed by atoms with van der Waals surface area (Å²) < 4.78 is 0. The smallest absolute Gasteiger partial charge is 0.300 e. The summed E-state index contributed by atoms with van der Waals surface area (Å²) in [7, 11) is 0. The van der Waals surface area contributed by atoms with E-state index in [4.69, 9.17) is 15.7 Å². The van der Waals surface area contributed by atoms with Gasteiger partial charge in [-0.25, -0.2) is 5.84 Å². The van der Waals surface area contributed by atoms with Crippen LogP contribution in [0.25, 0.3) is 0 Å². The topological polar surface area (TPSA) is 66.6 Å². The van der Waals surface area contributed by atoms with Gasteiger partial charge < -0.3 is 5.11 Å². The van der Waals surface area contributed by atoms with Gasteiger partial charge in [0, 0.05) is 6.92 Å². The third-order valence-corrected chi connectivity index (χ3v) is 2.07. The number of carbonyl (C=O) groups is 1.